The van der Waals surface area contributed by atoms with Gasteiger partial charge in [0.1, 0.15) is 23.9 Å². The Labute approximate surface area is 448 Å². The largest absolute Gasteiger partial charge is 0.456 e. The highest BCUT2D eigenvalue weighted by Crippen LogP contribution is 2.65. The lowest BCUT2D eigenvalue weighted by Crippen LogP contribution is -2.82. The third-order valence-corrected chi connectivity index (χ3v) is 27.5. The van der Waals surface area contributed by atoms with Gasteiger partial charge in [-0.15, -0.1) is 0 Å². The predicted octanol–water partition coefficient (Wildman–Crippen LogP) is 9.86. The number of aliphatic hydroxyl groups is 1. The monoisotopic (exact) mass is 1090 g/mol. The standard InChI is InChI=1S/C57H77NO14SSi2/c1-15-75(16-2,17-3)71-41-30-42-56(33-66-42,70-36(6)60)47-49(69-51(63)39-28-29-73-32-39)57(65)31-40(34(4)43(54(57,10)11)45(67-35(5)59)48(61)55(41,47)12)68-52(64)46(72-74(13,14)53(7,8)9)44(37-24-20-18-21-25-37)58-50(62)38-26-22-19-23-27-38/h18-29,32,40-42,44-47,49,65H,15-17,30-31,33H2,1-14H3,(H,58,62)/t40-,41-,42+,44-,45+,46+,47-,49-,55+,56-,57+/m0/s1. The maximum absolute atomic E-state index is 16.6. The Balaban J connectivity index is 1.48. The summed E-state index contributed by atoms with van der Waals surface area (Å²) in [7, 11) is -5.58. The summed E-state index contributed by atoms with van der Waals surface area (Å²) in [5.41, 5.74) is -5.90. The molecule has 1 aliphatic heterocycles. The molecule has 1 saturated heterocycles. The number of hydrogen-bond acceptors (Lipinski definition) is 15. The van der Waals surface area contributed by atoms with Crippen LogP contribution in [0.25, 0.3) is 0 Å². The zero-order chi connectivity index (χ0) is 55.3. The molecule has 15 nitrogen and oxygen atoms in total. The zero-order valence-corrected chi connectivity index (χ0v) is 48.8. The van der Waals surface area contributed by atoms with Crippen LogP contribution in [0.4, 0.5) is 0 Å². The molecular formula is C57H77NO14SSi2. The highest BCUT2D eigenvalue weighted by molar-refractivity contribution is 7.08. The lowest BCUT2D eigenvalue weighted by atomic mass is 9.44. The number of benzene rings is 2. The van der Waals surface area contributed by atoms with Crippen molar-refractivity contribution in [3.05, 3.63) is 105 Å². The van der Waals surface area contributed by atoms with Gasteiger partial charge in [0.25, 0.3) is 5.91 Å². The summed E-state index contributed by atoms with van der Waals surface area (Å²) in [6, 6.07) is 20.1. The molecule has 18 heteroatoms. The molecule has 1 aromatic heterocycles. The summed E-state index contributed by atoms with van der Waals surface area (Å²) in [4.78, 5) is 88.3. The number of carbonyl (C=O) groups excluding carboxylic acids is 6. The SMILES string of the molecule is CC[Si](CC)(CC)O[C@H]1C[C@H]2OC[C@@]2(OC(C)=O)[C@H]2[C@H](OC(=O)c3ccsc3)[C@]3(O)C[C@H](OC(=O)[C@H](O[Si](C)(C)C(C)(C)C)[C@@H](NC(=O)c4ccccc4)c4ccccc4)C(C)=C([C@@H](OC(C)=O)C(=O)[C@]12C)C3(C)C. The van der Waals surface area contributed by atoms with Crippen LogP contribution >= 0.6 is 11.3 Å². The van der Waals surface area contributed by atoms with Gasteiger partial charge in [-0.2, -0.15) is 11.3 Å². The first-order valence-electron chi connectivity index (χ1n) is 26.2. The number of fused-ring (bicyclic) bond motifs is 5. The van der Waals surface area contributed by atoms with Crippen molar-refractivity contribution in [2.45, 2.75) is 186 Å². The average Bonchev–Trinajstić information content (AvgIpc) is 3.90. The zero-order valence-electron chi connectivity index (χ0n) is 46.0. The van der Waals surface area contributed by atoms with E-state index in [1.807, 2.05) is 39.9 Å². The van der Waals surface area contributed by atoms with Crippen molar-refractivity contribution in [2.75, 3.05) is 6.61 Å². The Morgan fingerprint density at radius 2 is 1.48 bits per heavy atom. The fourth-order valence-corrected chi connectivity index (χ4v) is 16.8. The van der Waals surface area contributed by atoms with E-state index in [0.717, 1.165) is 0 Å². The van der Waals surface area contributed by atoms with Crippen LogP contribution in [-0.4, -0.2) is 112 Å². The molecule has 3 aliphatic carbocycles. The predicted molar refractivity (Wildman–Crippen MR) is 288 cm³/mol. The van der Waals surface area contributed by atoms with E-state index in [9.17, 15) is 24.3 Å². The van der Waals surface area contributed by atoms with Crippen LogP contribution in [-0.2, 0) is 51.7 Å². The van der Waals surface area contributed by atoms with Crippen LogP contribution in [0.15, 0.2) is 88.6 Å². The molecule has 408 valence electrons. The number of Topliss-reactive ketones (excluding diaryl/α,β-unsaturated/α-hetero) is 1. The van der Waals surface area contributed by atoms with Gasteiger partial charge in [0.15, 0.2) is 40.2 Å². The third kappa shape index (κ3) is 10.4. The summed E-state index contributed by atoms with van der Waals surface area (Å²) in [6.45, 7) is 25.2. The van der Waals surface area contributed by atoms with Crippen molar-refractivity contribution in [1.29, 1.82) is 0 Å². The fraction of sp³-hybridized carbons (Fsp3) is 0.579. The van der Waals surface area contributed by atoms with Gasteiger partial charge in [-0.1, -0.05) is 104 Å². The maximum atomic E-state index is 16.6. The van der Waals surface area contributed by atoms with E-state index in [2.05, 4.69) is 26.1 Å². The van der Waals surface area contributed by atoms with Gasteiger partial charge in [0.2, 0.25) is 0 Å². The normalized spacial score (nSPS) is 29.2. The van der Waals surface area contributed by atoms with Crippen LogP contribution in [0.1, 0.15) is 128 Å². The minimum Gasteiger partial charge on any atom is -0.456 e. The van der Waals surface area contributed by atoms with Gasteiger partial charge in [0.05, 0.1) is 35.6 Å². The van der Waals surface area contributed by atoms with E-state index in [1.54, 1.807) is 99.1 Å². The Morgan fingerprint density at radius 1 is 0.867 bits per heavy atom. The third-order valence-electron chi connectivity index (χ3n) is 17.7. The van der Waals surface area contributed by atoms with Gasteiger partial charge in [0, 0.05) is 43.0 Å². The molecule has 2 heterocycles. The molecule has 2 bridgehead atoms. The maximum Gasteiger partial charge on any atom is 0.339 e. The van der Waals surface area contributed by atoms with Crippen LogP contribution < -0.4 is 5.32 Å². The molecule has 11 atom stereocenters. The molecule has 3 aromatic rings. The highest BCUT2D eigenvalue weighted by Gasteiger charge is 2.79. The summed E-state index contributed by atoms with van der Waals surface area (Å²) in [5, 5.41) is 20.4. The van der Waals surface area contributed by atoms with Gasteiger partial charge < -0.3 is 43.0 Å². The second-order valence-electron chi connectivity index (χ2n) is 23.2. The van der Waals surface area contributed by atoms with Crippen LogP contribution in [0.2, 0.25) is 36.3 Å². The van der Waals surface area contributed by atoms with Crippen molar-refractivity contribution in [1.82, 2.24) is 5.32 Å². The molecule has 3 fully saturated rings. The fourth-order valence-electron chi connectivity index (χ4n) is 12.0. The molecule has 2 N–H and O–H groups in total. The first kappa shape index (κ1) is 57.9. The first-order chi connectivity index (χ1) is 35.1. The van der Waals surface area contributed by atoms with Gasteiger partial charge in [-0.05, 0) is 90.4 Å². The molecule has 7 rings (SSSR count). The number of nitrogens with one attached hydrogen (secondary N) is 1. The second kappa shape index (κ2) is 21.5. The number of amides is 1. The number of esters is 4. The van der Waals surface area contributed by atoms with Gasteiger partial charge >= 0.3 is 23.9 Å². The van der Waals surface area contributed by atoms with Gasteiger partial charge in [-0.3, -0.25) is 19.2 Å². The van der Waals surface area contributed by atoms with Crippen LogP contribution in [0.5, 0.6) is 0 Å². The highest BCUT2D eigenvalue weighted by atomic mass is 32.1. The average molecular weight is 1090 g/mol. The first-order valence-corrected chi connectivity index (χ1v) is 32.6. The van der Waals surface area contributed by atoms with Crippen molar-refractivity contribution in [2.24, 2.45) is 16.7 Å². The van der Waals surface area contributed by atoms with E-state index < -0.39 is 134 Å². The van der Waals surface area contributed by atoms with Crippen LogP contribution in [0.3, 0.4) is 0 Å². The molecular weight excluding hydrogens is 1010 g/mol. The number of ether oxygens (including phenoxy) is 5. The summed E-state index contributed by atoms with van der Waals surface area (Å²) in [5.74, 6) is -5.72. The number of thiophene rings is 1. The van der Waals surface area contributed by atoms with E-state index in [-0.39, 0.29) is 24.2 Å². The Hall–Kier alpha value is -4.83. The minimum atomic E-state index is -2.93. The van der Waals surface area contributed by atoms with Crippen molar-refractivity contribution >= 4 is 63.5 Å². The van der Waals surface area contributed by atoms with Crippen LogP contribution in [0, 0.1) is 16.7 Å². The Morgan fingerprint density at radius 3 is 2.00 bits per heavy atom. The molecule has 2 saturated carbocycles. The molecule has 2 aromatic carbocycles. The smallest absolute Gasteiger partial charge is 0.339 e. The quantitative estimate of drug-likeness (QED) is 0.0560. The van der Waals surface area contributed by atoms with E-state index in [4.69, 9.17) is 32.5 Å². The number of hydrogen-bond donors (Lipinski definition) is 2. The number of ketones is 1. The van der Waals surface area contributed by atoms with E-state index in [1.165, 1.54) is 25.2 Å². The summed E-state index contributed by atoms with van der Waals surface area (Å²) in [6.07, 6.45) is -8.49. The Bertz CT molecular complexity index is 2640. The lowest BCUT2D eigenvalue weighted by Gasteiger charge is -2.68. The van der Waals surface area contributed by atoms with E-state index in [0.29, 0.717) is 34.8 Å². The van der Waals surface area contributed by atoms with Crippen molar-refractivity contribution < 1.29 is 66.4 Å². The van der Waals surface area contributed by atoms with Crippen molar-refractivity contribution in [3.63, 3.8) is 0 Å². The molecule has 0 radical (unpaired) electrons. The topological polar surface area (TPSA) is 199 Å². The van der Waals surface area contributed by atoms with Crippen molar-refractivity contribution in [3.8, 4) is 0 Å². The molecule has 75 heavy (non-hydrogen) atoms. The summed E-state index contributed by atoms with van der Waals surface area (Å²) < 4.78 is 46.9. The number of rotatable bonds is 17. The van der Waals surface area contributed by atoms with E-state index >= 15 is 9.59 Å². The molecule has 1 amide bonds. The lowest BCUT2D eigenvalue weighted by molar-refractivity contribution is -0.344. The Kier molecular flexibility index (Phi) is 16.6. The molecule has 0 spiro atoms. The van der Waals surface area contributed by atoms with Gasteiger partial charge in [-0.25, -0.2) is 9.59 Å². The second-order valence-corrected chi connectivity index (χ2v) is 33.4. The summed E-state index contributed by atoms with van der Waals surface area (Å²) >= 11 is 1.26. The number of carbonyl (C=O) groups is 6. The molecule has 4 aliphatic rings. The minimum absolute atomic E-state index is 0.0951. The molecule has 0 unspecified atom stereocenters.